The maximum Gasteiger partial charge on any atom is 0.407 e. The van der Waals surface area contributed by atoms with E-state index in [0.717, 1.165) is 0 Å². The topological polar surface area (TPSA) is 67.4 Å². The molecule has 6 heteroatoms. The first-order valence-electron chi connectivity index (χ1n) is 7.67. The highest BCUT2D eigenvalue weighted by Crippen LogP contribution is 2.09. The summed E-state index contributed by atoms with van der Waals surface area (Å²) >= 11 is 0. The summed E-state index contributed by atoms with van der Waals surface area (Å²) in [5, 5.41) is 5.30. The second-order valence-electron chi connectivity index (χ2n) is 6.44. The van der Waals surface area contributed by atoms with E-state index in [4.69, 9.17) is 4.74 Å². The fourth-order valence-electron chi connectivity index (χ4n) is 1.98. The molecule has 0 aliphatic carbocycles. The highest BCUT2D eigenvalue weighted by molar-refractivity contribution is 5.77. The number of benzene rings is 1. The fourth-order valence-corrected chi connectivity index (χ4v) is 1.98. The van der Waals surface area contributed by atoms with E-state index in [2.05, 4.69) is 10.6 Å². The Hall–Kier alpha value is -2.11. The normalized spacial score (nSPS) is 12.4. The van der Waals surface area contributed by atoms with Crippen molar-refractivity contribution in [2.75, 3.05) is 6.54 Å². The molecule has 1 rings (SSSR count). The molecule has 1 aromatic carbocycles. The van der Waals surface area contributed by atoms with Crippen LogP contribution < -0.4 is 10.6 Å². The van der Waals surface area contributed by atoms with Gasteiger partial charge in [0.1, 0.15) is 11.4 Å². The number of nitrogens with one attached hydrogen (secondary N) is 2. The van der Waals surface area contributed by atoms with Crippen molar-refractivity contribution in [2.24, 2.45) is 0 Å². The summed E-state index contributed by atoms with van der Waals surface area (Å²) in [6.07, 6.45) is 0.00313. The largest absolute Gasteiger partial charge is 0.444 e. The number of alkyl carbamates (subject to hydrolysis) is 1. The molecule has 2 amide bonds. The van der Waals surface area contributed by atoms with Gasteiger partial charge in [-0.05, 0) is 45.7 Å². The lowest BCUT2D eigenvalue weighted by Crippen LogP contribution is -2.38. The molecule has 5 nitrogen and oxygen atoms in total. The van der Waals surface area contributed by atoms with Crippen LogP contribution >= 0.6 is 0 Å². The third-order valence-corrected chi connectivity index (χ3v) is 2.91. The van der Waals surface area contributed by atoms with Gasteiger partial charge in [0.05, 0.1) is 0 Å². The van der Waals surface area contributed by atoms with E-state index >= 15 is 0 Å². The highest BCUT2D eigenvalue weighted by Gasteiger charge is 2.16. The van der Waals surface area contributed by atoms with Crippen molar-refractivity contribution in [3.8, 4) is 0 Å². The predicted octanol–water partition coefficient (Wildman–Crippen LogP) is 2.79. The summed E-state index contributed by atoms with van der Waals surface area (Å²) in [4.78, 5) is 23.2. The highest BCUT2D eigenvalue weighted by atomic mass is 19.1. The van der Waals surface area contributed by atoms with E-state index in [-0.39, 0.29) is 30.7 Å². The minimum Gasteiger partial charge on any atom is -0.444 e. The molecule has 128 valence electrons. The van der Waals surface area contributed by atoms with Gasteiger partial charge in [-0.2, -0.15) is 0 Å². The summed E-state index contributed by atoms with van der Waals surface area (Å²) in [5.74, 6) is -0.481. The molecule has 0 aromatic heterocycles. The van der Waals surface area contributed by atoms with Crippen molar-refractivity contribution in [1.82, 2.24) is 10.6 Å². The molecule has 0 saturated heterocycles. The monoisotopic (exact) mass is 324 g/mol. The van der Waals surface area contributed by atoms with Gasteiger partial charge in [0.2, 0.25) is 5.91 Å². The third-order valence-electron chi connectivity index (χ3n) is 2.91. The average molecular weight is 324 g/mol. The van der Waals surface area contributed by atoms with E-state index in [1.807, 2.05) is 6.92 Å². The second kappa shape index (κ2) is 8.50. The first-order chi connectivity index (χ1) is 10.7. The van der Waals surface area contributed by atoms with Gasteiger partial charge in [0, 0.05) is 19.0 Å². The van der Waals surface area contributed by atoms with E-state index in [9.17, 15) is 14.0 Å². The van der Waals surface area contributed by atoms with Gasteiger partial charge < -0.3 is 15.4 Å². The van der Waals surface area contributed by atoms with E-state index in [0.29, 0.717) is 12.0 Å². The molecular formula is C17H25FN2O3. The van der Waals surface area contributed by atoms with Crippen molar-refractivity contribution in [2.45, 2.75) is 52.2 Å². The first-order valence-corrected chi connectivity index (χ1v) is 7.67. The van der Waals surface area contributed by atoms with Crippen LogP contribution in [-0.4, -0.2) is 30.2 Å². The van der Waals surface area contributed by atoms with Crippen LogP contribution in [0.3, 0.4) is 0 Å². The third kappa shape index (κ3) is 8.18. The number of ether oxygens (including phenoxy) is 1. The van der Waals surface area contributed by atoms with E-state index < -0.39 is 11.7 Å². The molecule has 1 atom stereocenters. The maximum atomic E-state index is 13.5. The van der Waals surface area contributed by atoms with Gasteiger partial charge in [0.15, 0.2) is 0 Å². The number of hydrogen-bond donors (Lipinski definition) is 2. The molecule has 0 fully saturated rings. The Bertz CT molecular complexity index is 541. The van der Waals surface area contributed by atoms with Gasteiger partial charge in [-0.1, -0.05) is 18.2 Å². The van der Waals surface area contributed by atoms with Gasteiger partial charge in [0.25, 0.3) is 0 Å². The lowest BCUT2D eigenvalue weighted by molar-refractivity contribution is -0.121. The van der Waals surface area contributed by atoms with Crippen LogP contribution in [0.2, 0.25) is 0 Å². The molecule has 0 spiro atoms. The summed E-state index contributed by atoms with van der Waals surface area (Å²) in [5.41, 5.74) is -0.00663. The molecule has 23 heavy (non-hydrogen) atoms. The molecule has 0 aliphatic heterocycles. The Morgan fingerprint density at radius 1 is 1.26 bits per heavy atom. The molecule has 0 bridgehead atoms. The second-order valence-corrected chi connectivity index (χ2v) is 6.44. The van der Waals surface area contributed by atoms with Crippen LogP contribution in [0.5, 0.6) is 0 Å². The lowest BCUT2D eigenvalue weighted by atomic mass is 10.1. The van der Waals surface area contributed by atoms with Gasteiger partial charge in [-0.25, -0.2) is 9.18 Å². The molecular weight excluding hydrogens is 299 g/mol. The van der Waals surface area contributed by atoms with Crippen LogP contribution in [-0.2, 0) is 16.0 Å². The smallest absolute Gasteiger partial charge is 0.407 e. The molecule has 1 aromatic rings. The Balaban J connectivity index is 2.28. The van der Waals surface area contributed by atoms with E-state index in [1.54, 1.807) is 39.0 Å². The van der Waals surface area contributed by atoms with Crippen LogP contribution in [0.4, 0.5) is 9.18 Å². The van der Waals surface area contributed by atoms with Crippen LogP contribution in [0.1, 0.15) is 39.7 Å². The zero-order valence-electron chi connectivity index (χ0n) is 14.1. The number of carbonyl (C=O) groups excluding carboxylic acids is 2. The van der Waals surface area contributed by atoms with Gasteiger partial charge >= 0.3 is 6.09 Å². The Morgan fingerprint density at radius 2 is 1.91 bits per heavy atom. The maximum absolute atomic E-state index is 13.5. The molecule has 0 radical (unpaired) electrons. The van der Waals surface area contributed by atoms with Gasteiger partial charge in [-0.15, -0.1) is 0 Å². The summed E-state index contributed by atoms with van der Waals surface area (Å²) in [7, 11) is 0. The summed E-state index contributed by atoms with van der Waals surface area (Å²) in [6.45, 7) is 7.30. The zero-order chi connectivity index (χ0) is 17.5. The number of rotatable bonds is 6. The number of carbonyl (C=O) groups is 2. The quantitative estimate of drug-likeness (QED) is 0.845. The molecule has 0 saturated carbocycles. The van der Waals surface area contributed by atoms with Crippen LogP contribution in [0.25, 0.3) is 0 Å². The van der Waals surface area contributed by atoms with Crippen molar-refractivity contribution in [3.63, 3.8) is 0 Å². The van der Waals surface area contributed by atoms with Crippen molar-refractivity contribution in [3.05, 3.63) is 35.6 Å². The standard InChI is InChI=1S/C17H25FN2O3/c1-12(11-13-7-5-6-8-14(13)18)20-15(21)9-10-19-16(22)23-17(2,3)4/h5-8,12H,9-11H2,1-4H3,(H,19,22)(H,20,21)/t12-/m1/s1. The Labute approximate surface area is 136 Å². The minimum atomic E-state index is -0.569. The average Bonchev–Trinajstić information content (AvgIpc) is 2.39. The van der Waals surface area contributed by atoms with Crippen LogP contribution in [0.15, 0.2) is 24.3 Å². The number of hydrogen-bond acceptors (Lipinski definition) is 3. The van der Waals surface area contributed by atoms with Crippen molar-refractivity contribution >= 4 is 12.0 Å². The Morgan fingerprint density at radius 3 is 2.52 bits per heavy atom. The van der Waals surface area contributed by atoms with Gasteiger partial charge in [-0.3, -0.25) is 4.79 Å². The molecule has 0 aliphatic rings. The molecule has 2 N–H and O–H groups in total. The minimum absolute atomic E-state index is 0.140. The molecule has 0 unspecified atom stereocenters. The summed E-state index contributed by atoms with van der Waals surface area (Å²) < 4.78 is 18.6. The summed E-state index contributed by atoms with van der Waals surface area (Å²) in [6, 6.07) is 6.29. The molecule has 0 heterocycles. The predicted molar refractivity (Wildman–Crippen MR) is 86.6 cm³/mol. The van der Waals surface area contributed by atoms with Crippen LogP contribution in [0, 0.1) is 5.82 Å². The SMILES string of the molecule is C[C@H](Cc1ccccc1F)NC(=O)CCNC(=O)OC(C)(C)C. The lowest BCUT2D eigenvalue weighted by Gasteiger charge is -2.19. The van der Waals surface area contributed by atoms with Crippen molar-refractivity contribution < 1.29 is 18.7 Å². The van der Waals surface area contributed by atoms with E-state index in [1.165, 1.54) is 6.07 Å². The fraction of sp³-hybridized carbons (Fsp3) is 0.529. The number of halogens is 1. The van der Waals surface area contributed by atoms with Crippen molar-refractivity contribution in [1.29, 1.82) is 0 Å². The first kappa shape index (κ1) is 18.9. The Kier molecular flexibility index (Phi) is 7.00. The number of amides is 2. The zero-order valence-corrected chi connectivity index (χ0v) is 14.1.